The molecular formula is C16H26N2O2S. The van der Waals surface area contributed by atoms with Gasteiger partial charge in [0.15, 0.2) is 0 Å². The normalized spacial score (nSPS) is 21.8. The Balaban J connectivity index is 2.10. The molecule has 2 rings (SSSR count). The smallest absolute Gasteiger partial charge is 0.240 e. The SMILES string of the molecule is Cc1ccc(CNC(C)C)cc1S(=O)(=O)NCC1CC1C. The summed E-state index contributed by atoms with van der Waals surface area (Å²) in [5.74, 6) is 1.15. The van der Waals surface area contributed by atoms with Gasteiger partial charge in [0.1, 0.15) is 0 Å². The highest BCUT2D eigenvalue weighted by Gasteiger charge is 2.33. The number of rotatable bonds is 7. The minimum absolute atomic E-state index is 0.376. The Morgan fingerprint density at radius 1 is 1.33 bits per heavy atom. The van der Waals surface area contributed by atoms with Crippen molar-refractivity contribution in [1.82, 2.24) is 10.0 Å². The maximum absolute atomic E-state index is 12.5. The number of hydrogen-bond donors (Lipinski definition) is 2. The first kappa shape index (κ1) is 16.5. The molecule has 5 heteroatoms. The molecular weight excluding hydrogens is 284 g/mol. The first-order valence-corrected chi connectivity index (χ1v) is 9.10. The van der Waals surface area contributed by atoms with Crippen molar-refractivity contribution in [2.24, 2.45) is 11.8 Å². The molecule has 0 spiro atoms. The third-order valence-corrected chi connectivity index (χ3v) is 5.63. The van der Waals surface area contributed by atoms with Crippen molar-refractivity contribution in [3.63, 3.8) is 0 Å². The Hall–Kier alpha value is -0.910. The first-order valence-electron chi connectivity index (χ1n) is 7.62. The van der Waals surface area contributed by atoms with E-state index in [1.807, 2.05) is 19.1 Å². The summed E-state index contributed by atoms with van der Waals surface area (Å²) in [6, 6.07) is 6.02. The molecule has 0 aliphatic heterocycles. The Kier molecular flexibility index (Phi) is 5.07. The molecule has 0 heterocycles. The van der Waals surface area contributed by atoms with E-state index in [-0.39, 0.29) is 0 Å². The molecule has 2 N–H and O–H groups in total. The number of hydrogen-bond acceptors (Lipinski definition) is 3. The summed E-state index contributed by atoms with van der Waals surface area (Å²) in [7, 11) is -3.41. The van der Waals surface area contributed by atoms with E-state index in [9.17, 15) is 8.42 Å². The number of sulfonamides is 1. The topological polar surface area (TPSA) is 58.2 Å². The minimum Gasteiger partial charge on any atom is -0.310 e. The van der Waals surface area contributed by atoms with Crippen LogP contribution in [0.25, 0.3) is 0 Å². The van der Waals surface area contributed by atoms with Crippen molar-refractivity contribution in [1.29, 1.82) is 0 Å². The number of benzene rings is 1. The molecule has 1 aliphatic rings. The van der Waals surface area contributed by atoms with E-state index in [4.69, 9.17) is 0 Å². The van der Waals surface area contributed by atoms with Crippen molar-refractivity contribution in [2.45, 2.75) is 51.6 Å². The second kappa shape index (κ2) is 6.46. The van der Waals surface area contributed by atoms with Gasteiger partial charge in [-0.1, -0.05) is 32.9 Å². The lowest BCUT2D eigenvalue weighted by Gasteiger charge is -2.13. The third-order valence-electron chi connectivity index (χ3n) is 4.07. The fourth-order valence-electron chi connectivity index (χ4n) is 2.34. The van der Waals surface area contributed by atoms with Crippen molar-refractivity contribution < 1.29 is 8.42 Å². The molecule has 0 saturated heterocycles. The Labute approximate surface area is 128 Å². The van der Waals surface area contributed by atoms with Crippen LogP contribution < -0.4 is 10.0 Å². The molecule has 1 aromatic carbocycles. The van der Waals surface area contributed by atoms with Crippen LogP contribution in [0.3, 0.4) is 0 Å². The minimum atomic E-state index is -3.41. The van der Waals surface area contributed by atoms with Crippen LogP contribution in [0.5, 0.6) is 0 Å². The highest BCUT2D eigenvalue weighted by Crippen LogP contribution is 2.37. The molecule has 1 saturated carbocycles. The lowest BCUT2D eigenvalue weighted by molar-refractivity contribution is 0.572. The van der Waals surface area contributed by atoms with Gasteiger partial charge in [-0.15, -0.1) is 0 Å². The number of aryl methyl sites for hydroxylation is 1. The van der Waals surface area contributed by atoms with Crippen LogP contribution in [0, 0.1) is 18.8 Å². The summed E-state index contributed by atoms with van der Waals surface area (Å²) in [4.78, 5) is 0.402. The standard InChI is InChI=1S/C16H26N2O2S/c1-11(2)17-9-14-6-5-12(3)16(8-14)21(19,20)18-10-15-7-13(15)4/h5-6,8,11,13,15,17-18H,7,9-10H2,1-4H3. The van der Waals surface area contributed by atoms with Gasteiger partial charge in [-0.3, -0.25) is 0 Å². The van der Waals surface area contributed by atoms with Gasteiger partial charge < -0.3 is 5.32 Å². The zero-order chi connectivity index (χ0) is 15.6. The zero-order valence-corrected chi connectivity index (χ0v) is 14.1. The summed E-state index contributed by atoms with van der Waals surface area (Å²) in [5, 5.41) is 3.31. The lowest BCUT2D eigenvalue weighted by Crippen LogP contribution is -2.27. The lowest BCUT2D eigenvalue weighted by atomic mass is 10.1. The van der Waals surface area contributed by atoms with E-state index in [0.717, 1.165) is 17.5 Å². The predicted octanol–water partition coefficient (Wildman–Crippen LogP) is 2.43. The quantitative estimate of drug-likeness (QED) is 0.813. The molecule has 2 unspecified atom stereocenters. The summed E-state index contributed by atoms with van der Waals surface area (Å²) in [6.07, 6.45) is 1.12. The van der Waals surface area contributed by atoms with Gasteiger partial charge >= 0.3 is 0 Å². The first-order chi connectivity index (χ1) is 9.79. The Morgan fingerprint density at radius 2 is 2.00 bits per heavy atom. The van der Waals surface area contributed by atoms with Crippen LogP contribution in [0.1, 0.15) is 38.3 Å². The van der Waals surface area contributed by atoms with E-state index >= 15 is 0 Å². The van der Waals surface area contributed by atoms with Crippen molar-refractivity contribution in [3.8, 4) is 0 Å². The van der Waals surface area contributed by atoms with Gasteiger partial charge in [0, 0.05) is 19.1 Å². The molecule has 1 aromatic rings. The van der Waals surface area contributed by atoms with Crippen molar-refractivity contribution in [2.75, 3.05) is 6.54 Å². The van der Waals surface area contributed by atoms with Crippen LogP contribution in [-0.4, -0.2) is 21.0 Å². The van der Waals surface area contributed by atoms with Crippen molar-refractivity contribution >= 4 is 10.0 Å². The predicted molar refractivity (Wildman–Crippen MR) is 85.6 cm³/mol. The molecule has 0 amide bonds. The monoisotopic (exact) mass is 310 g/mol. The van der Waals surface area contributed by atoms with Gasteiger partial charge in [-0.05, 0) is 42.4 Å². The van der Waals surface area contributed by atoms with Crippen LogP contribution in [-0.2, 0) is 16.6 Å². The van der Waals surface area contributed by atoms with E-state index < -0.39 is 10.0 Å². The second-order valence-electron chi connectivity index (χ2n) is 6.46. The van der Waals surface area contributed by atoms with Crippen LogP contribution in [0.4, 0.5) is 0 Å². The highest BCUT2D eigenvalue weighted by molar-refractivity contribution is 7.89. The van der Waals surface area contributed by atoms with Gasteiger partial charge in [0.25, 0.3) is 0 Å². The van der Waals surface area contributed by atoms with Crippen LogP contribution in [0.2, 0.25) is 0 Å². The maximum Gasteiger partial charge on any atom is 0.240 e. The molecule has 0 radical (unpaired) electrons. The molecule has 0 aromatic heterocycles. The fourth-order valence-corrected chi connectivity index (χ4v) is 3.73. The number of nitrogens with one attached hydrogen (secondary N) is 2. The van der Waals surface area contributed by atoms with E-state index in [1.54, 1.807) is 6.07 Å². The Bertz CT molecular complexity index is 596. The molecule has 1 fully saturated rings. The average Bonchev–Trinajstić information content (AvgIpc) is 3.11. The second-order valence-corrected chi connectivity index (χ2v) is 8.20. The summed E-state index contributed by atoms with van der Waals surface area (Å²) < 4.78 is 27.7. The molecule has 2 atom stereocenters. The molecule has 118 valence electrons. The Morgan fingerprint density at radius 3 is 2.57 bits per heavy atom. The van der Waals surface area contributed by atoms with Gasteiger partial charge in [0.05, 0.1) is 4.90 Å². The molecule has 1 aliphatic carbocycles. The van der Waals surface area contributed by atoms with Crippen LogP contribution >= 0.6 is 0 Å². The molecule has 21 heavy (non-hydrogen) atoms. The van der Waals surface area contributed by atoms with Gasteiger partial charge in [-0.25, -0.2) is 13.1 Å². The largest absolute Gasteiger partial charge is 0.310 e. The van der Waals surface area contributed by atoms with Crippen molar-refractivity contribution in [3.05, 3.63) is 29.3 Å². The van der Waals surface area contributed by atoms with Gasteiger partial charge in [0.2, 0.25) is 10.0 Å². The molecule has 0 bridgehead atoms. The summed E-state index contributed by atoms with van der Waals surface area (Å²) >= 11 is 0. The van der Waals surface area contributed by atoms with E-state index in [0.29, 0.717) is 35.9 Å². The van der Waals surface area contributed by atoms with E-state index in [2.05, 4.69) is 30.8 Å². The summed E-state index contributed by atoms with van der Waals surface area (Å²) in [5.41, 5.74) is 1.79. The third kappa shape index (κ3) is 4.53. The maximum atomic E-state index is 12.5. The molecule has 4 nitrogen and oxygen atoms in total. The summed E-state index contributed by atoms with van der Waals surface area (Å²) in [6.45, 7) is 9.38. The average molecular weight is 310 g/mol. The zero-order valence-electron chi connectivity index (χ0n) is 13.3. The fraction of sp³-hybridized carbons (Fsp3) is 0.625. The van der Waals surface area contributed by atoms with Crippen LogP contribution in [0.15, 0.2) is 23.1 Å². The van der Waals surface area contributed by atoms with Gasteiger partial charge in [-0.2, -0.15) is 0 Å². The van der Waals surface area contributed by atoms with E-state index in [1.165, 1.54) is 0 Å². The highest BCUT2D eigenvalue weighted by atomic mass is 32.2.